The summed E-state index contributed by atoms with van der Waals surface area (Å²) in [6, 6.07) is 0.154. The van der Waals surface area contributed by atoms with E-state index in [1.165, 1.54) is 0 Å². The summed E-state index contributed by atoms with van der Waals surface area (Å²) in [5, 5.41) is 3.07. The van der Waals surface area contributed by atoms with E-state index in [1.807, 2.05) is 0 Å². The van der Waals surface area contributed by atoms with Crippen molar-refractivity contribution in [1.82, 2.24) is 10.2 Å². The van der Waals surface area contributed by atoms with Crippen LogP contribution in [0.25, 0.3) is 0 Å². The van der Waals surface area contributed by atoms with Gasteiger partial charge in [-0.2, -0.15) is 0 Å². The highest BCUT2D eigenvalue weighted by molar-refractivity contribution is 4.84. The number of hydrogen-bond acceptors (Lipinski definition) is 2. The third-order valence-corrected chi connectivity index (χ3v) is 2.66. The maximum absolute atomic E-state index is 13.4. The molecular formula is C9H19FN2. The van der Waals surface area contributed by atoms with Crippen molar-refractivity contribution in [1.29, 1.82) is 0 Å². The Hall–Kier alpha value is -0.150. The van der Waals surface area contributed by atoms with Crippen LogP contribution >= 0.6 is 0 Å². The van der Waals surface area contributed by atoms with Gasteiger partial charge in [0.25, 0.3) is 0 Å². The summed E-state index contributed by atoms with van der Waals surface area (Å²) in [4.78, 5) is 2.21. The number of alkyl halides is 1. The first-order valence-electron chi connectivity index (χ1n) is 4.88. The lowest BCUT2D eigenvalue weighted by Gasteiger charge is -2.35. The SMILES string of the molecule is CCN(CC)[C@H]1CCNC[C@H]1F. The van der Waals surface area contributed by atoms with Crippen LogP contribution in [0.15, 0.2) is 0 Å². The zero-order chi connectivity index (χ0) is 8.97. The molecule has 72 valence electrons. The predicted octanol–water partition coefficient (Wildman–Crippen LogP) is 1.03. The van der Waals surface area contributed by atoms with E-state index in [2.05, 4.69) is 24.1 Å². The number of piperidine rings is 1. The molecule has 1 saturated heterocycles. The van der Waals surface area contributed by atoms with E-state index in [-0.39, 0.29) is 6.04 Å². The summed E-state index contributed by atoms with van der Waals surface area (Å²) in [6.45, 7) is 7.60. The molecule has 0 aromatic heterocycles. The monoisotopic (exact) mass is 174 g/mol. The molecule has 0 amide bonds. The fourth-order valence-electron chi connectivity index (χ4n) is 1.91. The van der Waals surface area contributed by atoms with Crippen LogP contribution in [0.2, 0.25) is 0 Å². The average Bonchev–Trinajstić information content (AvgIpc) is 2.10. The number of nitrogens with zero attached hydrogens (tertiary/aromatic N) is 1. The van der Waals surface area contributed by atoms with Crippen molar-refractivity contribution >= 4 is 0 Å². The maximum Gasteiger partial charge on any atom is 0.128 e. The molecule has 1 N–H and O–H groups in total. The standard InChI is InChI=1S/C9H19FN2/c1-3-12(4-2)9-5-6-11-7-8(9)10/h8-9,11H,3-7H2,1-2H3/t8-,9+/m1/s1. The van der Waals surface area contributed by atoms with Crippen molar-refractivity contribution in [3.05, 3.63) is 0 Å². The lowest BCUT2D eigenvalue weighted by Crippen LogP contribution is -2.50. The minimum atomic E-state index is -0.682. The van der Waals surface area contributed by atoms with E-state index in [4.69, 9.17) is 0 Å². The van der Waals surface area contributed by atoms with Crippen LogP contribution in [0, 0.1) is 0 Å². The Labute approximate surface area is 74.1 Å². The van der Waals surface area contributed by atoms with Crippen molar-refractivity contribution in [3.8, 4) is 0 Å². The molecule has 0 bridgehead atoms. The molecule has 1 aliphatic rings. The first kappa shape index (κ1) is 9.93. The zero-order valence-electron chi connectivity index (χ0n) is 8.02. The summed E-state index contributed by atoms with van der Waals surface area (Å²) in [7, 11) is 0. The van der Waals surface area contributed by atoms with Gasteiger partial charge in [-0.1, -0.05) is 13.8 Å². The maximum atomic E-state index is 13.4. The Kier molecular flexibility index (Phi) is 3.95. The van der Waals surface area contributed by atoms with Crippen molar-refractivity contribution < 1.29 is 4.39 Å². The van der Waals surface area contributed by atoms with Gasteiger partial charge in [0.1, 0.15) is 6.17 Å². The number of halogens is 1. The number of rotatable bonds is 3. The fourth-order valence-corrected chi connectivity index (χ4v) is 1.91. The Morgan fingerprint density at radius 3 is 2.58 bits per heavy atom. The van der Waals surface area contributed by atoms with Crippen LogP contribution in [0.3, 0.4) is 0 Å². The van der Waals surface area contributed by atoms with Gasteiger partial charge in [0, 0.05) is 12.6 Å². The van der Waals surface area contributed by atoms with Crippen LogP contribution < -0.4 is 5.32 Å². The topological polar surface area (TPSA) is 15.3 Å². The van der Waals surface area contributed by atoms with Crippen LogP contribution in [0.5, 0.6) is 0 Å². The van der Waals surface area contributed by atoms with Gasteiger partial charge in [0.15, 0.2) is 0 Å². The molecule has 1 rings (SSSR count). The van der Waals surface area contributed by atoms with Crippen molar-refractivity contribution in [3.63, 3.8) is 0 Å². The van der Waals surface area contributed by atoms with Gasteiger partial charge in [-0.05, 0) is 26.1 Å². The highest BCUT2D eigenvalue weighted by Gasteiger charge is 2.27. The highest BCUT2D eigenvalue weighted by Crippen LogP contribution is 2.14. The quantitative estimate of drug-likeness (QED) is 0.687. The van der Waals surface area contributed by atoms with Gasteiger partial charge in [-0.25, -0.2) is 4.39 Å². The predicted molar refractivity (Wildman–Crippen MR) is 49.1 cm³/mol. The summed E-state index contributed by atoms with van der Waals surface area (Å²) in [6.07, 6.45) is 0.265. The van der Waals surface area contributed by atoms with Crippen molar-refractivity contribution in [2.75, 3.05) is 26.2 Å². The largest absolute Gasteiger partial charge is 0.314 e. The number of hydrogen-bond donors (Lipinski definition) is 1. The molecule has 0 radical (unpaired) electrons. The van der Waals surface area contributed by atoms with Gasteiger partial charge in [0.05, 0.1) is 0 Å². The van der Waals surface area contributed by atoms with E-state index in [9.17, 15) is 4.39 Å². The Bertz CT molecular complexity index is 126. The molecule has 0 spiro atoms. The lowest BCUT2D eigenvalue weighted by molar-refractivity contribution is 0.0930. The first-order valence-corrected chi connectivity index (χ1v) is 4.88. The van der Waals surface area contributed by atoms with Gasteiger partial charge in [-0.15, -0.1) is 0 Å². The molecular weight excluding hydrogens is 155 g/mol. The molecule has 1 fully saturated rings. The van der Waals surface area contributed by atoms with Gasteiger partial charge in [-0.3, -0.25) is 4.90 Å². The molecule has 0 saturated carbocycles. The van der Waals surface area contributed by atoms with Crippen molar-refractivity contribution in [2.24, 2.45) is 0 Å². The van der Waals surface area contributed by atoms with Crippen LogP contribution in [-0.2, 0) is 0 Å². The third-order valence-electron chi connectivity index (χ3n) is 2.66. The van der Waals surface area contributed by atoms with E-state index < -0.39 is 6.17 Å². The second kappa shape index (κ2) is 4.77. The molecule has 1 heterocycles. The van der Waals surface area contributed by atoms with Gasteiger partial charge >= 0.3 is 0 Å². The number of nitrogens with one attached hydrogen (secondary N) is 1. The molecule has 2 nitrogen and oxygen atoms in total. The minimum absolute atomic E-state index is 0.154. The van der Waals surface area contributed by atoms with Gasteiger partial charge < -0.3 is 5.32 Å². The van der Waals surface area contributed by atoms with E-state index >= 15 is 0 Å². The molecule has 0 aromatic carbocycles. The molecule has 0 aromatic rings. The fraction of sp³-hybridized carbons (Fsp3) is 1.00. The van der Waals surface area contributed by atoms with Crippen LogP contribution in [0.4, 0.5) is 4.39 Å². The molecule has 1 aliphatic heterocycles. The van der Waals surface area contributed by atoms with E-state index in [0.29, 0.717) is 6.54 Å². The molecule has 0 aliphatic carbocycles. The molecule has 0 unspecified atom stereocenters. The summed E-state index contributed by atoms with van der Waals surface area (Å²) >= 11 is 0. The second-order valence-corrected chi connectivity index (χ2v) is 3.30. The lowest BCUT2D eigenvalue weighted by atomic mass is 10.0. The van der Waals surface area contributed by atoms with Crippen LogP contribution in [-0.4, -0.2) is 43.3 Å². The van der Waals surface area contributed by atoms with E-state index in [0.717, 1.165) is 26.1 Å². The summed E-state index contributed by atoms with van der Waals surface area (Å²) in [5.41, 5.74) is 0. The summed E-state index contributed by atoms with van der Waals surface area (Å²) < 4.78 is 13.4. The third kappa shape index (κ3) is 2.17. The average molecular weight is 174 g/mol. The van der Waals surface area contributed by atoms with Crippen molar-refractivity contribution in [2.45, 2.75) is 32.5 Å². The normalized spacial score (nSPS) is 31.0. The molecule has 3 heteroatoms. The first-order chi connectivity index (χ1) is 5.79. The Balaban J connectivity index is 2.45. The Morgan fingerprint density at radius 2 is 2.08 bits per heavy atom. The molecule has 2 atom stereocenters. The minimum Gasteiger partial charge on any atom is -0.314 e. The van der Waals surface area contributed by atoms with E-state index in [1.54, 1.807) is 0 Å². The molecule has 12 heavy (non-hydrogen) atoms. The van der Waals surface area contributed by atoms with Crippen LogP contribution in [0.1, 0.15) is 20.3 Å². The smallest absolute Gasteiger partial charge is 0.128 e. The Morgan fingerprint density at radius 1 is 1.42 bits per heavy atom. The highest BCUT2D eigenvalue weighted by atomic mass is 19.1. The summed E-state index contributed by atoms with van der Waals surface area (Å²) in [5.74, 6) is 0. The zero-order valence-corrected chi connectivity index (χ0v) is 8.02. The second-order valence-electron chi connectivity index (χ2n) is 3.30. The van der Waals surface area contributed by atoms with Gasteiger partial charge in [0.2, 0.25) is 0 Å².